The van der Waals surface area contributed by atoms with Crippen LogP contribution in [0.5, 0.6) is 0 Å². The van der Waals surface area contributed by atoms with E-state index in [1.165, 1.54) is 10.6 Å². The topological polar surface area (TPSA) is 192 Å². The molecule has 13 nitrogen and oxygen atoms in total. The smallest absolute Gasteiger partial charge is 0.407 e. The van der Waals surface area contributed by atoms with Crippen LogP contribution in [-0.2, 0) is 42.4 Å². The number of hydrogen-bond acceptors (Lipinski definition) is 10. The summed E-state index contributed by atoms with van der Waals surface area (Å²) in [7, 11) is 0. The molecule has 1 aliphatic carbocycles. The summed E-state index contributed by atoms with van der Waals surface area (Å²) in [4.78, 5) is 55.6. The minimum absolute atomic E-state index is 0.0105. The minimum atomic E-state index is -2.13. The van der Waals surface area contributed by atoms with E-state index in [1.807, 2.05) is 0 Å². The lowest BCUT2D eigenvalue weighted by molar-refractivity contribution is -0.181. The molecule has 3 atom stereocenters. The number of nitrogens with two attached hydrogens (primary N) is 1. The number of halogens is 1. The van der Waals surface area contributed by atoms with Gasteiger partial charge in [0.25, 0.3) is 5.56 Å². The second-order valence-corrected chi connectivity index (χ2v) is 12.9. The van der Waals surface area contributed by atoms with E-state index in [9.17, 15) is 28.7 Å². The second kappa shape index (κ2) is 11.7. The number of esters is 1. The lowest BCUT2D eigenvalue weighted by Crippen LogP contribution is -2.47. The third kappa shape index (κ3) is 5.43. The molecule has 1 unspecified atom stereocenters. The average molecular weight is 653 g/mol. The number of carbonyl (C=O) groups is 3. The van der Waals surface area contributed by atoms with Crippen molar-refractivity contribution in [3.63, 3.8) is 0 Å². The Morgan fingerprint density at radius 1 is 1.26 bits per heavy atom. The summed E-state index contributed by atoms with van der Waals surface area (Å²) < 4.78 is 32.7. The first-order chi connectivity index (χ1) is 22.2. The van der Waals surface area contributed by atoms with Gasteiger partial charge in [-0.05, 0) is 62.8 Å². The molecule has 3 aliphatic rings. The Hall–Kier alpha value is -4.40. The second-order valence-electron chi connectivity index (χ2n) is 12.9. The largest absolute Gasteiger partial charge is 0.480 e. The fourth-order valence-electron chi connectivity index (χ4n) is 7.04. The number of nitrogens with zero attached hydrogens (tertiary/aromatic N) is 2. The van der Waals surface area contributed by atoms with Crippen LogP contribution < -0.4 is 16.6 Å². The van der Waals surface area contributed by atoms with Gasteiger partial charge in [0.2, 0.25) is 0 Å². The van der Waals surface area contributed by atoms with Crippen molar-refractivity contribution in [1.29, 1.82) is 0 Å². The number of pyridine rings is 2. The van der Waals surface area contributed by atoms with E-state index in [2.05, 4.69) is 5.32 Å². The van der Waals surface area contributed by atoms with E-state index in [4.69, 9.17) is 30.0 Å². The van der Waals surface area contributed by atoms with Crippen LogP contribution in [0.15, 0.2) is 16.9 Å². The third-order valence-corrected chi connectivity index (χ3v) is 9.37. The zero-order valence-electron chi connectivity index (χ0n) is 26.6. The fraction of sp³-hybridized carbons (Fsp3) is 0.485. The molecule has 250 valence electrons. The van der Waals surface area contributed by atoms with E-state index in [-0.39, 0.29) is 55.5 Å². The van der Waals surface area contributed by atoms with Crippen molar-refractivity contribution in [1.82, 2.24) is 14.9 Å². The minimum Gasteiger partial charge on any atom is -0.480 e. The average Bonchev–Trinajstić information content (AvgIpc) is 3.36. The Kier molecular flexibility index (Phi) is 8.09. The van der Waals surface area contributed by atoms with Gasteiger partial charge in [0, 0.05) is 41.6 Å². The van der Waals surface area contributed by atoms with E-state index in [1.54, 1.807) is 33.8 Å². The number of amides is 1. The molecule has 14 heteroatoms. The molecule has 0 bridgehead atoms. The summed E-state index contributed by atoms with van der Waals surface area (Å²) in [6.07, 6.45) is -0.982. The zero-order valence-corrected chi connectivity index (χ0v) is 26.6. The van der Waals surface area contributed by atoms with Crippen molar-refractivity contribution in [3.8, 4) is 11.4 Å². The molecule has 5 N–H and O–H groups in total. The summed E-state index contributed by atoms with van der Waals surface area (Å²) in [6.45, 7) is 6.07. The normalized spacial score (nSPS) is 21.1. The lowest BCUT2D eigenvalue weighted by Gasteiger charge is -2.38. The number of benzene rings is 1. The van der Waals surface area contributed by atoms with Gasteiger partial charge in [-0.3, -0.25) is 4.79 Å². The predicted octanol–water partition coefficient (Wildman–Crippen LogP) is 3.01. The Labute approximate surface area is 268 Å². The van der Waals surface area contributed by atoms with Crippen LogP contribution in [0.4, 0.5) is 9.18 Å². The van der Waals surface area contributed by atoms with Gasteiger partial charge < -0.3 is 40.0 Å². The summed E-state index contributed by atoms with van der Waals surface area (Å²) >= 11 is 0. The first kappa shape index (κ1) is 32.5. The number of alkyl carbamates (subject to hydrolysis) is 1. The first-order valence-corrected chi connectivity index (χ1v) is 15.5. The Balaban J connectivity index is 1.38. The van der Waals surface area contributed by atoms with Gasteiger partial charge in [0.15, 0.2) is 5.60 Å². The van der Waals surface area contributed by atoms with Gasteiger partial charge in [-0.15, -0.1) is 0 Å². The molecule has 0 spiro atoms. The van der Waals surface area contributed by atoms with Gasteiger partial charge in [0.1, 0.15) is 24.1 Å². The molecule has 0 saturated carbocycles. The van der Waals surface area contributed by atoms with E-state index >= 15 is 0 Å². The molecule has 2 aromatic heterocycles. The molecule has 3 aromatic rings. The van der Waals surface area contributed by atoms with Crippen LogP contribution in [0, 0.1) is 12.7 Å². The maximum absolute atomic E-state index is 15.0. The van der Waals surface area contributed by atoms with Gasteiger partial charge in [-0.2, -0.15) is 0 Å². The number of hydrogen-bond donors (Lipinski definition) is 4. The highest BCUT2D eigenvalue weighted by molar-refractivity contribution is 5.93. The van der Waals surface area contributed by atoms with Gasteiger partial charge in [0.05, 0.1) is 35.6 Å². The number of cyclic esters (lactones) is 1. The van der Waals surface area contributed by atoms with E-state index < -0.39 is 47.5 Å². The zero-order chi connectivity index (χ0) is 34.0. The van der Waals surface area contributed by atoms with Crippen molar-refractivity contribution < 1.29 is 43.2 Å². The van der Waals surface area contributed by atoms with Crippen molar-refractivity contribution >= 4 is 28.9 Å². The molecular weight excluding hydrogens is 615 g/mol. The van der Waals surface area contributed by atoms with E-state index in [0.717, 1.165) is 22.1 Å². The van der Waals surface area contributed by atoms with Crippen molar-refractivity contribution in [3.05, 3.63) is 61.7 Å². The number of aromatic nitrogens is 2. The Morgan fingerprint density at radius 3 is 2.70 bits per heavy atom. The SMILES string of the molecule is CC[C@@]1(O)C(=O)OC(CC(C)(C)OC(=O)NCCOCC(=O)O)c2c1cc1n(c2=O)Cc2c-1nc1cc(F)c(C)c3c1c2[C@@H](N)CC3. The number of carbonyl (C=O) groups excluding carboxylic acids is 2. The maximum Gasteiger partial charge on any atom is 0.407 e. The highest BCUT2D eigenvalue weighted by Gasteiger charge is 2.50. The number of carboxylic acids is 1. The molecular formula is C33H37FN4O9. The summed E-state index contributed by atoms with van der Waals surface area (Å²) in [5.74, 6) is -2.46. The Bertz CT molecular complexity index is 1910. The van der Waals surface area contributed by atoms with Gasteiger partial charge in [-0.25, -0.2) is 23.8 Å². The van der Waals surface area contributed by atoms with Crippen LogP contribution in [0.2, 0.25) is 0 Å². The number of rotatable bonds is 9. The van der Waals surface area contributed by atoms with Gasteiger partial charge >= 0.3 is 18.0 Å². The molecule has 0 fully saturated rings. The standard InChI is InChI=1S/C33H37FN4O9/c1-5-33(44)18-10-22-28-17(25-20(35)7-6-16-15(2)19(34)11-21(37-28)26(16)25)13-38(22)29(41)27(18)23(46-30(33)42)12-32(3,4)47-31(43)36-8-9-45-14-24(39)40/h10-11,20,23,44H,5-9,12-14,35H2,1-4H3,(H,36,43)(H,39,40)/t20-,23?,33-/m0/s1. The highest BCUT2D eigenvalue weighted by atomic mass is 19.1. The first-order valence-electron chi connectivity index (χ1n) is 15.5. The number of carboxylic acid groups (broad SMARTS) is 1. The molecule has 0 saturated heterocycles. The third-order valence-electron chi connectivity index (χ3n) is 9.37. The summed E-state index contributed by atoms with van der Waals surface area (Å²) in [5, 5.41) is 23.5. The fourth-order valence-corrected chi connectivity index (χ4v) is 7.04. The molecule has 2 aliphatic heterocycles. The van der Waals surface area contributed by atoms with Crippen LogP contribution >= 0.6 is 0 Å². The molecule has 1 aromatic carbocycles. The van der Waals surface area contributed by atoms with Crippen molar-refractivity contribution in [2.45, 2.75) is 83.3 Å². The lowest BCUT2D eigenvalue weighted by atomic mass is 9.81. The van der Waals surface area contributed by atoms with E-state index in [0.29, 0.717) is 35.3 Å². The van der Waals surface area contributed by atoms with Crippen molar-refractivity contribution in [2.24, 2.45) is 5.73 Å². The van der Waals surface area contributed by atoms with Crippen LogP contribution in [0.3, 0.4) is 0 Å². The number of aliphatic carboxylic acids is 1. The predicted molar refractivity (Wildman–Crippen MR) is 165 cm³/mol. The summed E-state index contributed by atoms with van der Waals surface area (Å²) in [5.41, 5.74) is 7.12. The number of aliphatic hydroxyl groups is 1. The number of ether oxygens (including phenoxy) is 3. The van der Waals surface area contributed by atoms with Crippen LogP contribution in [0.1, 0.15) is 85.6 Å². The van der Waals surface area contributed by atoms with Crippen molar-refractivity contribution in [2.75, 3.05) is 19.8 Å². The maximum atomic E-state index is 15.0. The number of aryl methyl sites for hydroxylation is 1. The molecule has 6 rings (SSSR count). The Morgan fingerprint density at radius 2 is 2.00 bits per heavy atom. The summed E-state index contributed by atoms with van der Waals surface area (Å²) in [6, 6.07) is 2.61. The molecule has 4 heterocycles. The number of fused-ring (bicyclic) bond motifs is 5. The number of nitrogens with one attached hydrogen (secondary N) is 1. The van der Waals surface area contributed by atoms with Crippen LogP contribution in [-0.4, -0.2) is 63.2 Å². The van der Waals surface area contributed by atoms with Gasteiger partial charge in [-0.1, -0.05) is 6.92 Å². The highest BCUT2D eigenvalue weighted by Crippen LogP contribution is 2.47. The molecule has 1 amide bonds. The quantitative estimate of drug-likeness (QED) is 0.153. The van der Waals surface area contributed by atoms with Crippen LogP contribution in [0.25, 0.3) is 22.3 Å². The molecule has 47 heavy (non-hydrogen) atoms. The monoisotopic (exact) mass is 652 g/mol. The molecule has 0 radical (unpaired) electrons.